The molecule has 0 amide bonds. The van der Waals surface area contributed by atoms with E-state index in [1.165, 1.54) is 0 Å². The normalized spacial score (nSPS) is 10.1. The molecule has 1 heterocycles. The molecule has 84 valence electrons. The van der Waals surface area contributed by atoms with E-state index in [1.807, 2.05) is 0 Å². The molecule has 0 atom stereocenters. The molecule has 1 N–H and O–H groups in total. The minimum atomic E-state index is -0.0892. The fourth-order valence-electron chi connectivity index (χ4n) is 1.14. The van der Waals surface area contributed by atoms with E-state index in [0.29, 0.717) is 23.8 Å². The van der Waals surface area contributed by atoms with Crippen molar-refractivity contribution in [2.24, 2.45) is 0 Å². The second kappa shape index (κ2) is 6.24. The summed E-state index contributed by atoms with van der Waals surface area (Å²) in [7, 11) is 1.57. The van der Waals surface area contributed by atoms with Gasteiger partial charge in [-0.1, -0.05) is 13.3 Å². The first kappa shape index (κ1) is 11.8. The molecule has 15 heavy (non-hydrogen) atoms. The number of aliphatic hydroxyl groups is 1. The van der Waals surface area contributed by atoms with Crippen molar-refractivity contribution >= 4 is 0 Å². The minimum absolute atomic E-state index is 0.0892. The Bertz CT molecular complexity index is 302. The van der Waals surface area contributed by atoms with E-state index >= 15 is 0 Å². The number of aromatic nitrogens is 1. The lowest BCUT2D eigenvalue weighted by Gasteiger charge is -2.10. The van der Waals surface area contributed by atoms with Crippen LogP contribution in [0.1, 0.15) is 25.5 Å². The van der Waals surface area contributed by atoms with Crippen LogP contribution in [0.15, 0.2) is 12.3 Å². The molecule has 0 radical (unpaired) electrons. The highest BCUT2D eigenvalue weighted by atomic mass is 16.5. The quantitative estimate of drug-likeness (QED) is 0.728. The fraction of sp³-hybridized carbons (Fsp3) is 0.545. The SMILES string of the molecule is CCCCOc1cc(CO)ncc1OC. The summed E-state index contributed by atoms with van der Waals surface area (Å²) in [5.41, 5.74) is 0.585. The lowest BCUT2D eigenvalue weighted by Crippen LogP contribution is -2.01. The van der Waals surface area contributed by atoms with Gasteiger partial charge in [-0.3, -0.25) is 4.98 Å². The third-order valence-electron chi connectivity index (χ3n) is 2.03. The summed E-state index contributed by atoms with van der Waals surface area (Å²) in [5.74, 6) is 1.24. The predicted molar refractivity (Wildman–Crippen MR) is 57.1 cm³/mol. The van der Waals surface area contributed by atoms with E-state index in [0.717, 1.165) is 12.8 Å². The standard InChI is InChI=1S/C11H17NO3/c1-3-4-5-15-10-6-9(8-13)12-7-11(10)14-2/h6-7,13H,3-5,8H2,1-2H3. The maximum atomic E-state index is 8.94. The molecule has 1 aromatic rings. The predicted octanol–water partition coefficient (Wildman–Crippen LogP) is 1.76. The molecule has 0 aliphatic rings. The van der Waals surface area contributed by atoms with Crippen LogP contribution in [0.4, 0.5) is 0 Å². The molecule has 0 unspecified atom stereocenters. The number of unbranched alkanes of at least 4 members (excludes halogenated alkanes) is 1. The zero-order valence-electron chi connectivity index (χ0n) is 9.19. The Morgan fingerprint density at radius 3 is 2.80 bits per heavy atom. The summed E-state index contributed by atoms with van der Waals surface area (Å²) < 4.78 is 10.6. The van der Waals surface area contributed by atoms with Gasteiger partial charge in [-0.2, -0.15) is 0 Å². The van der Waals surface area contributed by atoms with E-state index < -0.39 is 0 Å². The highest BCUT2D eigenvalue weighted by Crippen LogP contribution is 2.26. The third-order valence-corrected chi connectivity index (χ3v) is 2.03. The van der Waals surface area contributed by atoms with Gasteiger partial charge in [0.2, 0.25) is 0 Å². The maximum Gasteiger partial charge on any atom is 0.179 e. The van der Waals surface area contributed by atoms with E-state index in [1.54, 1.807) is 19.4 Å². The van der Waals surface area contributed by atoms with Crippen LogP contribution < -0.4 is 9.47 Å². The number of aliphatic hydroxyl groups excluding tert-OH is 1. The summed E-state index contributed by atoms with van der Waals surface area (Å²) in [4.78, 5) is 4.00. The Morgan fingerprint density at radius 2 is 2.20 bits per heavy atom. The van der Waals surface area contributed by atoms with Crippen molar-refractivity contribution in [1.29, 1.82) is 0 Å². The molecular weight excluding hydrogens is 194 g/mol. The van der Waals surface area contributed by atoms with Gasteiger partial charge in [-0.05, 0) is 6.42 Å². The van der Waals surface area contributed by atoms with Gasteiger partial charge >= 0.3 is 0 Å². The maximum absolute atomic E-state index is 8.94. The van der Waals surface area contributed by atoms with E-state index in [4.69, 9.17) is 14.6 Å². The van der Waals surface area contributed by atoms with E-state index in [9.17, 15) is 0 Å². The summed E-state index contributed by atoms with van der Waals surface area (Å²) in [5, 5.41) is 8.94. The lowest BCUT2D eigenvalue weighted by molar-refractivity contribution is 0.268. The van der Waals surface area contributed by atoms with Crippen molar-refractivity contribution in [2.75, 3.05) is 13.7 Å². The van der Waals surface area contributed by atoms with E-state index in [2.05, 4.69) is 11.9 Å². The first-order chi connectivity index (χ1) is 7.31. The highest BCUT2D eigenvalue weighted by Gasteiger charge is 2.06. The number of rotatable bonds is 6. The van der Waals surface area contributed by atoms with Crippen molar-refractivity contribution < 1.29 is 14.6 Å². The van der Waals surface area contributed by atoms with Crippen LogP contribution in [0.25, 0.3) is 0 Å². The molecule has 4 heteroatoms. The Labute approximate surface area is 89.9 Å². The van der Waals surface area contributed by atoms with Crippen LogP contribution in [-0.2, 0) is 6.61 Å². The van der Waals surface area contributed by atoms with Gasteiger partial charge in [0.1, 0.15) is 0 Å². The summed E-state index contributed by atoms with van der Waals surface area (Å²) in [6.45, 7) is 2.67. The number of methoxy groups -OCH3 is 1. The monoisotopic (exact) mass is 211 g/mol. The highest BCUT2D eigenvalue weighted by molar-refractivity contribution is 5.38. The Hall–Kier alpha value is -1.29. The Kier molecular flexibility index (Phi) is 4.90. The van der Waals surface area contributed by atoms with Crippen LogP contribution in [0.3, 0.4) is 0 Å². The Morgan fingerprint density at radius 1 is 1.40 bits per heavy atom. The van der Waals surface area contributed by atoms with Gasteiger partial charge in [-0.15, -0.1) is 0 Å². The second-order valence-electron chi connectivity index (χ2n) is 3.19. The van der Waals surface area contributed by atoms with Gasteiger partial charge in [0.05, 0.1) is 32.2 Å². The average Bonchev–Trinajstić information content (AvgIpc) is 2.29. The molecule has 0 aliphatic heterocycles. The van der Waals surface area contributed by atoms with Crippen molar-refractivity contribution in [3.63, 3.8) is 0 Å². The molecule has 1 rings (SSSR count). The molecule has 1 aromatic heterocycles. The Balaban J connectivity index is 2.72. The number of hydrogen-bond acceptors (Lipinski definition) is 4. The zero-order valence-corrected chi connectivity index (χ0v) is 9.19. The summed E-state index contributed by atoms with van der Waals surface area (Å²) in [6.07, 6.45) is 3.65. The van der Waals surface area contributed by atoms with Crippen LogP contribution in [-0.4, -0.2) is 23.8 Å². The molecule has 0 bridgehead atoms. The summed E-state index contributed by atoms with van der Waals surface area (Å²) >= 11 is 0. The molecule has 0 aliphatic carbocycles. The third kappa shape index (κ3) is 3.40. The second-order valence-corrected chi connectivity index (χ2v) is 3.19. The van der Waals surface area contributed by atoms with Gasteiger partial charge < -0.3 is 14.6 Å². The number of pyridine rings is 1. The van der Waals surface area contributed by atoms with Gasteiger partial charge in [-0.25, -0.2) is 0 Å². The molecule has 0 fully saturated rings. The first-order valence-electron chi connectivity index (χ1n) is 5.08. The van der Waals surface area contributed by atoms with Crippen LogP contribution in [0.5, 0.6) is 11.5 Å². The van der Waals surface area contributed by atoms with Gasteiger partial charge in [0.15, 0.2) is 11.5 Å². The van der Waals surface area contributed by atoms with Crippen molar-refractivity contribution in [3.8, 4) is 11.5 Å². The summed E-state index contributed by atoms with van der Waals surface area (Å²) in [6, 6.07) is 1.70. The minimum Gasteiger partial charge on any atom is -0.491 e. The average molecular weight is 211 g/mol. The van der Waals surface area contributed by atoms with Gasteiger partial charge in [0, 0.05) is 6.07 Å². The molecule has 0 aromatic carbocycles. The topological polar surface area (TPSA) is 51.6 Å². The molecule has 0 saturated heterocycles. The van der Waals surface area contributed by atoms with E-state index in [-0.39, 0.29) is 6.61 Å². The zero-order chi connectivity index (χ0) is 11.1. The largest absolute Gasteiger partial charge is 0.491 e. The molecule has 4 nitrogen and oxygen atoms in total. The molecular formula is C11H17NO3. The molecule has 0 spiro atoms. The smallest absolute Gasteiger partial charge is 0.179 e. The van der Waals surface area contributed by atoms with Crippen molar-refractivity contribution in [3.05, 3.63) is 18.0 Å². The van der Waals surface area contributed by atoms with Crippen molar-refractivity contribution in [2.45, 2.75) is 26.4 Å². The number of ether oxygens (including phenoxy) is 2. The van der Waals surface area contributed by atoms with Crippen molar-refractivity contribution in [1.82, 2.24) is 4.98 Å². The number of hydrogen-bond donors (Lipinski definition) is 1. The van der Waals surface area contributed by atoms with Crippen LogP contribution >= 0.6 is 0 Å². The van der Waals surface area contributed by atoms with Crippen LogP contribution in [0.2, 0.25) is 0 Å². The fourth-order valence-corrected chi connectivity index (χ4v) is 1.14. The number of nitrogens with zero attached hydrogens (tertiary/aromatic N) is 1. The van der Waals surface area contributed by atoms with Gasteiger partial charge in [0.25, 0.3) is 0 Å². The molecule has 0 saturated carbocycles. The first-order valence-corrected chi connectivity index (χ1v) is 5.08. The lowest BCUT2D eigenvalue weighted by atomic mass is 10.3. The van der Waals surface area contributed by atoms with Crippen LogP contribution in [0, 0.1) is 0 Å².